The zero-order chi connectivity index (χ0) is 14.4. The summed E-state index contributed by atoms with van der Waals surface area (Å²) in [5.74, 6) is -0.717. The molecule has 0 aromatic heterocycles. The predicted octanol–water partition coefficient (Wildman–Crippen LogP) is 3.80. The van der Waals surface area contributed by atoms with Crippen molar-refractivity contribution in [2.24, 2.45) is 5.92 Å². The molecule has 1 heterocycles. The van der Waals surface area contributed by atoms with Crippen LogP contribution in [-0.2, 0) is 4.79 Å². The molecule has 20 heavy (non-hydrogen) atoms. The average molecular weight is 288 g/mol. The molecule has 1 aliphatic heterocycles. The van der Waals surface area contributed by atoms with E-state index in [-0.39, 0.29) is 5.92 Å². The van der Waals surface area contributed by atoms with E-state index in [0.717, 1.165) is 31.4 Å². The van der Waals surface area contributed by atoms with E-state index in [9.17, 15) is 9.90 Å². The van der Waals surface area contributed by atoms with Crippen molar-refractivity contribution in [1.29, 1.82) is 0 Å². The molecule has 108 valence electrons. The van der Waals surface area contributed by atoms with Gasteiger partial charge in [0.2, 0.25) is 0 Å². The third kappa shape index (κ3) is 3.40. The Kier molecular flexibility index (Phi) is 5.18. The highest BCUT2D eigenvalue weighted by atomic mass is 28.3. The lowest BCUT2D eigenvalue weighted by molar-refractivity contribution is -0.142. The van der Waals surface area contributed by atoms with Gasteiger partial charge >= 0.3 is 5.97 Å². The number of rotatable bonds is 6. The van der Waals surface area contributed by atoms with Gasteiger partial charge in [0.05, 0.1) is 14.0 Å². The van der Waals surface area contributed by atoms with Crippen LogP contribution in [0.4, 0.5) is 0 Å². The maximum Gasteiger partial charge on any atom is 0.306 e. The fourth-order valence-electron chi connectivity index (χ4n) is 3.48. The summed E-state index contributed by atoms with van der Waals surface area (Å²) < 4.78 is 0. The summed E-state index contributed by atoms with van der Waals surface area (Å²) in [6, 6.07) is 14.4. The second-order valence-electron chi connectivity index (χ2n) is 5.94. The predicted molar refractivity (Wildman–Crippen MR) is 86.0 cm³/mol. The third-order valence-electron chi connectivity index (χ3n) is 4.74. The molecule has 0 atom stereocenters. The van der Waals surface area contributed by atoms with Crippen LogP contribution in [0, 0.1) is 5.92 Å². The minimum Gasteiger partial charge on any atom is -0.481 e. The lowest BCUT2D eigenvalue weighted by atomic mass is 10.0. The second kappa shape index (κ2) is 6.89. The normalized spacial score (nSPS) is 26.1. The quantitative estimate of drug-likeness (QED) is 0.491. The lowest BCUT2D eigenvalue weighted by Gasteiger charge is -2.38. The van der Waals surface area contributed by atoms with Crippen molar-refractivity contribution in [2.45, 2.75) is 43.8 Å². The Morgan fingerprint density at radius 3 is 2.50 bits per heavy atom. The van der Waals surface area contributed by atoms with Gasteiger partial charge in [0.15, 0.2) is 0 Å². The van der Waals surface area contributed by atoms with Crippen molar-refractivity contribution < 1.29 is 9.90 Å². The SMILES string of the molecule is C=CCCC[Si]1(c2ccccc2)CCC(C(=O)O)CC1. The summed E-state index contributed by atoms with van der Waals surface area (Å²) in [5.41, 5.74) is 0. The number of hydrogen-bond donors (Lipinski definition) is 1. The van der Waals surface area contributed by atoms with Gasteiger partial charge in [-0.3, -0.25) is 4.79 Å². The highest BCUT2D eigenvalue weighted by molar-refractivity contribution is 6.92. The number of benzene rings is 1. The zero-order valence-electron chi connectivity index (χ0n) is 12.1. The van der Waals surface area contributed by atoms with Crippen LogP contribution in [0.15, 0.2) is 43.0 Å². The molecular formula is C17H24O2Si. The number of carboxylic acid groups (broad SMARTS) is 1. The molecule has 1 aromatic carbocycles. The molecular weight excluding hydrogens is 264 g/mol. The Labute approximate surface area is 122 Å². The molecule has 0 bridgehead atoms. The summed E-state index contributed by atoms with van der Waals surface area (Å²) in [6.45, 7) is 3.81. The Morgan fingerprint density at radius 2 is 1.95 bits per heavy atom. The van der Waals surface area contributed by atoms with E-state index in [2.05, 4.69) is 36.9 Å². The first kappa shape index (κ1) is 15.0. The van der Waals surface area contributed by atoms with Crippen LogP contribution in [0.2, 0.25) is 18.1 Å². The third-order valence-corrected chi connectivity index (χ3v) is 10.1. The molecule has 0 aliphatic carbocycles. The minimum absolute atomic E-state index is 0.112. The maximum atomic E-state index is 11.2. The van der Waals surface area contributed by atoms with Crippen molar-refractivity contribution in [3.63, 3.8) is 0 Å². The standard InChI is InChI=1S/C17H24O2Si/c1-2-3-7-12-20(16-8-5-4-6-9-16)13-10-15(11-14-20)17(18)19/h2,4-6,8-9,15H,1,3,7,10-14H2,(H,18,19). The average Bonchev–Trinajstić information content (AvgIpc) is 2.49. The summed E-state index contributed by atoms with van der Waals surface area (Å²) in [6.07, 6.45) is 6.00. The van der Waals surface area contributed by atoms with Crippen LogP contribution in [0.5, 0.6) is 0 Å². The van der Waals surface area contributed by atoms with Gasteiger partial charge in [-0.25, -0.2) is 0 Å². The zero-order valence-corrected chi connectivity index (χ0v) is 13.1. The topological polar surface area (TPSA) is 37.3 Å². The number of carbonyl (C=O) groups is 1. The number of carboxylic acids is 1. The summed E-state index contributed by atoms with van der Waals surface area (Å²) in [4.78, 5) is 11.2. The van der Waals surface area contributed by atoms with Crippen LogP contribution in [0.25, 0.3) is 0 Å². The molecule has 0 radical (unpaired) electrons. The molecule has 0 spiro atoms. The first-order valence-electron chi connectivity index (χ1n) is 7.57. The molecule has 2 nitrogen and oxygen atoms in total. The monoisotopic (exact) mass is 288 g/mol. The summed E-state index contributed by atoms with van der Waals surface area (Å²) >= 11 is 0. The van der Waals surface area contributed by atoms with Crippen LogP contribution in [0.3, 0.4) is 0 Å². The van der Waals surface area contributed by atoms with Crippen LogP contribution < -0.4 is 5.19 Å². The molecule has 1 aromatic rings. The van der Waals surface area contributed by atoms with E-state index in [1.54, 1.807) is 0 Å². The fraction of sp³-hybridized carbons (Fsp3) is 0.471. The molecule has 1 N–H and O–H groups in total. The van der Waals surface area contributed by atoms with Gasteiger partial charge < -0.3 is 5.11 Å². The summed E-state index contributed by atoms with van der Waals surface area (Å²) in [5, 5.41) is 10.7. The maximum absolute atomic E-state index is 11.2. The highest BCUT2D eigenvalue weighted by Crippen LogP contribution is 2.36. The van der Waals surface area contributed by atoms with Gasteiger partial charge in [-0.15, -0.1) is 6.58 Å². The van der Waals surface area contributed by atoms with E-state index in [0.29, 0.717) is 0 Å². The molecule has 0 saturated carbocycles. The Balaban J connectivity index is 2.14. The van der Waals surface area contributed by atoms with Gasteiger partial charge in [0, 0.05) is 0 Å². The van der Waals surface area contributed by atoms with Gasteiger partial charge in [-0.1, -0.05) is 66.1 Å². The smallest absolute Gasteiger partial charge is 0.306 e. The van der Waals surface area contributed by atoms with Crippen molar-refractivity contribution in [2.75, 3.05) is 0 Å². The Hall–Kier alpha value is -1.35. The van der Waals surface area contributed by atoms with Crippen molar-refractivity contribution >= 4 is 19.2 Å². The molecule has 0 amide bonds. The van der Waals surface area contributed by atoms with E-state index >= 15 is 0 Å². The van der Waals surface area contributed by atoms with Crippen molar-refractivity contribution in [3.05, 3.63) is 43.0 Å². The molecule has 0 unspecified atom stereocenters. The highest BCUT2D eigenvalue weighted by Gasteiger charge is 2.40. The summed E-state index contributed by atoms with van der Waals surface area (Å²) in [7, 11) is -1.49. The molecule has 3 heteroatoms. The fourth-order valence-corrected chi connectivity index (χ4v) is 8.68. The number of aliphatic carboxylic acids is 1. The Bertz CT molecular complexity index is 447. The first-order valence-corrected chi connectivity index (χ1v) is 10.2. The lowest BCUT2D eigenvalue weighted by Crippen LogP contribution is -2.50. The van der Waals surface area contributed by atoms with Gasteiger partial charge in [0.25, 0.3) is 0 Å². The van der Waals surface area contributed by atoms with Gasteiger partial charge in [-0.05, 0) is 19.3 Å². The van der Waals surface area contributed by atoms with Gasteiger partial charge in [0.1, 0.15) is 0 Å². The van der Waals surface area contributed by atoms with E-state index in [4.69, 9.17) is 0 Å². The first-order chi connectivity index (χ1) is 9.68. The molecule has 1 saturated heterocycles. The molecule has 1 aliphatic rings. The van der Waals surface area contributed by atoms with Crippen LogP contribution in [-0.4, -0.2) is 19.1 Å². The second-order valence-corrected chi connectivity index (χ2v) is 10.6. The Morgan fingerprint density at radius 1 is 1.30 bits per heavy atom. The van der Waals surface area contributed by atoms with Gasteiger partial charge in [-0.2, -0.15) is 0 Å². The van der Waals surface area contributed by atoms with Crippen molar-refractivity contribution in [3.8, 4) is 0 Å². The molecule has 1 fully saturated rings. The minimum atomic E-state index is -1.49. The van der Waals surface area contributed by atoms with E-state index in [1.807, 2.05) is 6.08 Å². The largest absolute Gasteiger partial charge is 0.481 e. The number of hydrogen-bond acceptors (Lipinski definition) is 1. The number of unbranched alkanes of at least 4 members (excludes halogenated alkanes) is 1. The van der Waals surface area contributed by atoms with E-state index < -0.39 is 14.0 Å². The van der Waals surface area contributed by atoms with Crippen LogP contribution >= 0.6 is 0 Å². The van der Waals surface area contributed by atoms with Crippen LogP contribution in [0.1, 0.15) is 25.7 Å². The van der Waals surface area contributed by atoms with E-state index in [1.165, 1.54) is 17.7 Å². The number of allylic oxidation sites excluding steroid dienone is 1. The van der Waals surface area contributed by atoms with Crippen molar-refractivity contribution in [1.82, 2.24) is 0 Å². The molecule has 2 rings (SSSR count).